The monoisotopic (exact) mass is 408 g/mol. The highest BCUT2D eigenvalue weighted by atomic mass is 32.1. The van der Waals surface area contributed by atoms with Crippen LogP contribution in [0.4, 0.5) is 11.1 Å². The number of benzene rings is 1. The molecule has 7 nitrogen and oxygen atoms in total. The molecule has 3 heterocycles. The lowest BCUT2D eigenvalue weighted by molar-refractivity contribution is 0.415. The van der Waals surface area contributed by atoms with Gasteiger partial charge in [-0.05, 0) is 43.2 Å². The minimum absolute atomic E-state index is 0.518. The first kappa shape index (κ1) is 18.3. The molecule has 2 fully saturated rings. The zero-order chi connectivity index (χ0) is 19.6. The molecule has 0 radical (unpaired) electrons. The summed E-state index contributed by atoms with van der Waals surface area (Å²) in [5, 5.41) is 7.85. The summed E-state index contributed by atoms with van der Waals surface area (Å²) in [7, 11) is 1.68. The normalized spacial score (nSPS) is 16.7. The molecule has 0 bridgehead atoms. The molecule has 0 atom stereocenters. The van der Waals surface area contributed by atoms with Crippen LogP contribution < -0.4 is 20.3 Å². The minimum atomic E-state index is 0.518. The first-order valence-electron chi connectivity index (χ1n) is 10.0. The highest BCUT2D eigenvalue weighted by molar-refractivity contribution is 7.19. The van der Waals surface area contributed by atoms with Gasteiger partial charge in [-0.15, -0.1) is 0 Å². The number of hydrogen-bond acceptors (Lipinski definition) is 8. The first-order valence-corrected chi connectivity index (χ1v) is 10.8. The Hall–Kier alpha value is -2.71. The molecule has 1 aliphatic heterocycles. The molecular weight excluding hydrogens is 384 g/mol. The molecule has 0 spiro atoms. The van der Waals surface area contributed by atoms with Gasteiger partial charge >= 0.3 is 0 Å². The Morgan fingerprint density at radius 2 is 1.90 bits per heavy atom. The van der Waals surface area contributed by atoms with E-state index in [1.807, 2.05) is 24.4 Å². The van der Waals surface area contributed by atoms with Crippen molar-refractivity contribution in [3.8, 4) is 27.6 Å². The second-order valence-corrected chi connectivity index (χ2v) is 8.30. The van der Waals surface area contributed by atoms with E-state index < -0.39 is 0 Å². The van der Waals surface area contributed by atoms with Crippen molar-refractivity contribution in [2.45, 2.75) is 18.9 Å². The summed E-state index contributed by atoms with van der Waals surface area (Å²) in [5.74, 6) is 1.54. The van der Waals surface area contributed by atoms with Crippen molar-refractivity contribution < 1.29 is 4.74 Å². The maximum atomic E-state index is 5.32. The van der Waals surface area contributed by atoms with Crippen LogP contribution in [0.5, 0.6) is 5.75 Å². The fourth-order valence-electron chi connectivity index (χ4n) is 3.38. The molecule has 1 saturated heterocycles. The van der Waals surface area contributed by atoms with Gasteiger partial charge in [-0.3, -0.25) is 0 Å². The topological polar surface area (TPSA) is 75.2 Å². The highest BCUT2D eigenvalue weighted by Crippen LogP contribution is 2.40. The Morgan fingerprint density at radius 3 is 2.62 bits per heavy atom. The van der Waals surface area contributed by atoms with Crippen molar-refractivity contribution in [1.82, 2.24) is 20.3 Å². The molecule has 1 aliphatic carbocycles. The van der Waals surface area contributed by atoms with Gasteiger partial charge in [0, 0.05) is 44.0 Å². The van der Waals surface area contributed by atoms with Crippen molar-refractivity contribution in [3.63, 3.8) is 0 Å². The Morgan fingerprint density at radius 1 is 1.10 bits per heavy atom. The molecule has 3 aromatic rings. The van der Waals surface area contributed by atoms with E-state index in [1.165, 1.54) is 12.8 Å². The molecule has 2 aliphatic rings. The van der Waals surface area contributed by atoms with Crippen LogP contribution in [0, 0.1) is 0 Å². The third-order valence-corrected chi connectivity index (χ3v) is 6.30. The van der Waals surface area contributed by atoms with E-state index in [1.54, 1.807) is 18.4 Å². The van der Waals surface area contributed by atoms with Crippen molar-refractivity contribution >= 4 is 22.4 Å². The van der Waals surface area contributed by atoms with Gasteiger partial charge < -0.3 is 20.3 Å². The molecule has 8 heteroatoms. The van der Waals surface area contributed by atoms with Crippen LogP contribution in [-0.2, 0) is 0 Å². The summed E-state index contributed by atoms with van der Waals surface area (Å²) < 4.78 is 5.32. The Labute approximate surface area is 174 Å². The zero-order valence-electron chi connectivity index (χ0n) is 16.4. The van der Waals surface area contributed by atoms with Crippen molar-refractivity contribution in [2.24, 2.45) is 0 Å². The average molecular weight is 409 g/mol. The van der Waals surface area contributed by atoms with E-state index >= 15 is 0 Å². The smallest absolute Gasteiger partial charge is 0.223 e. The van der Waals surface area contributed by atoms with Crippen LogP contribution >= 0.6 is 11.3 Å². The molecule has 1 aromatic carbocycles. The molecule has 1 saturated carbocycles. The molecule has 2 N–H and O–H groups in total. The van der Waals surface area contributed by atoms with Gasteiger partial charge in [0.15, 0.2) is 5.13 Å². The molecule has 2 aromatic heterocycles. The third kappa shape index (κ3) is 4.04. The van der Waals surface area contributed by atoms with Gasteiger partial charge in [0.05, 0.1) is 23.4 Å². The van der Waals surface area contributed by atoms with E-state index in [0.717, 1.165) is 58.9 Å². The lowest BCUT2D eigenvalue weighted by Gasteiger charge is -2.26. The maximum absolute atomic E-state index is 5.32. The number of aromatic nitrogens is 3. The van der Waals surface area contributed by atoms with Crippen LogP contribution in [0.2, 0.25) is 0 Å². The summed E-state index contributed by atoms with van der Waals surface area (Å²) >= 11 is 1.70. The summed E-state index contributed by atoms with van der Waals surface area (Å²) in [6, 6.07) is 10.6. The Balaban J connectivity index is 1.55. The minimum Gasteiger partial charge on any atom is -0.497 e. The van der Waals surface area contributed by atoms with Crippen LogP contribution in [0.15, 0.2) is 36.5 Å². The van der Waals surface area contributed by atoms with E-state index in [2.05, 4.69) is 32.7 Å². The molecule has 5 rings (SSSR count). The fourth-order valence-corrected chi connectivity index (χ4v) is 4.49. The second-order valence-electron chi connectivity index (χ2n) is 7.32. The fraction of sp³-hybridized carbons (Fsp3) is 0.381. The van der Waals surface area contributed by atoms with Crippen LogP contribution in [0.25, 0.3) is 21.8 Å². The Bertz CT molecular complexity index is 979. The van der Waals surface area contributed by atoms with Gasteiger partial charge in [0.25, 0.3) is 0 Å². The van der Waals surface area contributed by atoms with E-state index in [9.17, 15) is 0 Å². The molecule has 0 unspecified atom stereocenters. The van der Waals surface area contributed by atoms with Gasteiger partial charge in [-0.1, -0.05) is 11.3 Å². The number of ether oxygens (including phenoxy) is 1. The summed E-state index contributed by atoms with van der Waals surface area (Å²) in [6.45, 7) is 3.89. The number of piperazine rings is 1. The van der Waals surface area contributed by atoms with Crippen molar-refractivity contribution in [1.29, 1.82) is 0 Å². The Kier molecular flexibility index (Phi) is 5.03. The lowest BCUT2D eigenvalue weighted by atomic mass is 10.1. The van der Waals surface area contributed by atoms with Gasteiger partial charge in [0.1, 0.15) is 5.75 Å². The van der Waals surface area contributed by atoms with Crippen LogP contribution in [0.3, 0.4) is 0 Å². The predicted octanol–water partition coefficient (Wildman–Crippen LogP) is 3.26. The number of nitrogens with zero attached hydrogens (tertiary/aromatic N) is 4. The predicted molar refractivity (Wildman–Crippen MR) is 117 cm³/mol. The van der Waals surface area contributed by atoms with E-state index in [4.69, 9.17) is 14.7 Å². The zero-order valence-corrected chi connectivity index (χ0v) is 17.2. The second kappa shape index (κ2) is 7.96. The van der Waals surface area contributed by atoms with Crippen molar-refractivity contribution in [2.75, 3.05) is 43.5 Å². The number of methoxy groups -OCH3 is 1. The summed E-state index contributed by atoms with van der Waals surface area (Å²) in [5.41, 5.74) is 2.93. The SMILES string of the molecule is COc1ccc(-c2nc(N3CCNCC3)sc2-c2ccnc(NC3CC3)n2)cc1. The molecule has 150 valence electrons. The van der Waals surface area contributed by atoms with Gasteiger partial charge in [0.2, 0.25) is 5.95 Å². The van der Waals surface area contributed by atoms with E-state index in [0.29, 0.717) is 12.0 Å². The number of hydrogen-bond donors (Lipinski definition) is 2. The van der Waals surface area contributed by atoms with Gasteiger partial charge in [-0.2, -0.15) is 0 Å². The quantitative estimate of drug-likeness (QED) is 0.648. The molecular formula is C21H24N6OS. The average Bonchev–Trinajstić information content (AvgIpc) is 3.48. The first-order chi connectivity index (χ1) is 14.3. The largest absolute Gasteiger partial charge is 0.497 e. The lowest BCUT2D eigenvalue weighted by Crippen LogP contribution is -2.43. The third-order valence-electron chi connectivity index (χ3n) is 5.17. The molecule has 0 amide bonds. The number of nitrogens with one attached hydrogen (secondary N) is 2. The number of rotatable bonds is 6. The summed E-state index contributed by atoms with van der Waals surface area (Å²) in [4.78, 5) is 17.6. The number of anilines is 2. The highest BCUT2D eigenvalue weighted by Gasteiger charge is 2.24. The van der Waals surface area contributed by atoms with Crippen LogP contribution in [0.1, 0.15) is 12.8 Å². The number of thiazole rings is 1. The van der Waals surface area contributed by atoms with Crippen LogP contribution in [-0.4, -0.2) is 54.3 Å². The maximum Gasteiger partial charge on any atom is 0.223 e. The van der Waals surface area contributed by atoms with Crippen molar-refractivity contribution in [3.05, 3.63) is 36.5 Å². The standard InChI is InChI=1S/C21H24N6OS/c1-28-16-6-2-14(3-7-16)18-19(29-21(26-18)27-12-10-22-11-13-27)17-8-9-23-20(25-17)24-15-4-5-15/h2-3,6-9,15,22H,4-5,10-13H2,1H3,(H,23,24,25). The van der Waals surface area contributed by atoms with E-state index in [-0.39, 0.29) is 0 Å². The summed E-state index contributed by atoms with van der Waals surface area (Å²) in [6.07, 6.45) is 4.21. The van der Waals surface area contributed by atoms with Gasteiger partial charge in [-0.25, -0.2) is 15.0 Å². The molecule has 29 heavy (non-hydrogen) atoms.